The van der Waals surface area contributed by atoms with Gasteiger partial charge in [0.25, 0.3) is 0 Å². The van der Waals surface area contributed by atoms with Crippen molar-refractivity contribution in [3.63, 3.8) is 0 Å². The Bertz CT molecular complexity index is 448. The number of carbonyl (C=O) groups excluding carboxylic acids is 1. The van der Waals surface area contributed by atoms with Crippen LogP contribution in [0.5, 0.6) is 5.75 Å². The van der Waals surface area contributed by atoms with Gasteiger partial charge in [0.2, 0.25) is 5.91 Å². The van der Waals surface area contributed by atoms with Crippen LogP contribution < -0.4 is 10.5 Å². The first kappa shape index (κ1) is 14.7. The normalized spacial score (nSPS) is 19.8. The van der Waals surface area contributed by atoms with Gasteiger partial charge in [0.05, 0.1) is 12.3 Å². The number of para-hydroxylation sites is 2. The van der Waals surface area contributed by atoms with Crippen molar-refractivity contribution in [1.29, 1.82) is 0 Å². The molecule has 1 aliphatic rings. The molecule has 1 fully saturated rings. The van der Waals surface area contributed by atoms with E-state index in [0.717, 1.165) is 38.1 Å². The van der Waals surface area contributed by atoms with Gasteiger partial charge in [0.15, 0.2) is 0 Å². The van der Waals surface area contributed by atoms with Gasteiger partial charge in [-0.05, 0) is 37.3 Å². The Morgan fingerprint density at radius 2 is 2.15 bits per heavy atom. The zero-order chi connectivity index (χ0) is 14.4. The molecule has 1 saturated heterocycles. The number of rotatable bonds is 5. The minimum atomic E-state index is 0.286. The Kier molecular flexibility index (Phi) is 5.27. The number of hydrogen-bond donors (Lipinski definition) is 1. The van der Waals surface area contributed by atoms with Crippen LogP contribution in [0.2, 0.25) is 0 Å². The molecule has 1 aromatic rings. The van der Waals surface area contributed by atoms with Gasteiger partial charge in [-0.25, -0.2) is 0 Å². The first-order chi connectivity index (χ1) is 9.66. The molecule has 1 aliphatic heterocycles. The van der Waals surface area contributed by atoms with Crippen LogP contribution >= 0.6 is 0 Å². The van der Waals surface area contributed by atoms with Gasteiger partial charge in [-0.15, -0.1) is 0 Å². The lowest BCUT2D eigenvalue weighted by Gasteiger charge is -2.20. The van der Waals surface area contributed by atoms with E-state index in [1.807, 2.05) is 29.2 Å². The van der Waals surface area contributed by atoms with Gasteiger partial charge >= 0.3 is 0 Å². The summed E-state index contributed by atoms with van der Waals surface area (Å²) in [7, 11) is 0. The lowest BCUT2D eigenvalue weighted by Crippen LogP contribution is -2.32. The second kappa shape index (κ2) is 7.17. The molecule has 4 nitrogen and oxygen atoms in total. The first-order valence-electron chi connectivity index (χ1n) is 7.42. The molecule has 0 bridgehead atoms. The summed E-state index contributed by atoms with van der Waals surface area (Å²) in [5, 5.41) is 0. The molecule has 4 heteroatoms. The number of nitrogens with zero attached hydrogens (tertiary/aromatic N) is 1. The second-order valence-electron chi connectivity index (χ2n) is 5.55. The Hall–Kier alpha value is -1.71. The third-order valence-corrected chi connectivity index (χ3v) is 3.84. The molecule has 0 aliphatic carbocycles. The lowest BCUT2D eigenvalue weighted by atomic mass is 10.0. The van der Waals surface area contributed by atoms with Crippen LogP contribution in [0.15, 0.2) is 24.3 Å². The fourth-order valence-electron chi connectivity index (χ4n) is 2.46. The number of nitrogen functional groups attached to an aromatic ring is 1. The van der Waals surface area contributed by atoms with Crippen molar-refractivity contribution in [2.24, 2.45) is 5.92 Å². The van der Waals surface area contributed by atoms with Gasteiger partial charge in [-0.3, -0.25) is 4.79 Å². The van der Waals surface area contributed by atoms with Crippen molar-refractivity contribution in [2.75, 3.05) is 25.4 Å². The molecule has 1 heterocycles. The Balaban J connectivity index is 1.73. The predicted octanol–water partition coefficient (Wildman–Crippen LogP) is 2.69. The fraction of sp³-hybridized carbons (Fsp3) is 0.562. The lowest BCUT2D eigenvalue weighted by molar-refractivity contribution is -0.130. The molecule has 0 spiro atoms. The third kappa shape index (κ3) is 4.15. The molecule has 20 heavy (non-hydrogen) atoms. The standard InChI is InChI=1S/C16H24N2O2/c1-13-7-8-16(19)18(11-9-13)10-4-12-20-15-6-3-2-5-14(15)17/h2-3,5-6,13H,4,7-12,17H2,1H3. The minimum Gasteiger partial charge on any atom is -0.491 e. The third-order valence-electron chi connectivity index (χ3n) is 3.84. The summed E-state index contributed by atoms with van der Waals surface area (Å²) in [5.41, 5.74) is 6.47. The average molecular weight is 276 g/mol. The summed E-state index contributed by atoms with van der Waals surface area (Å²) in [4.78, 5) is 13.9. The fourth-order valence-corrected chi connectivity index (χ4v) is 2.46. The number of amides is 1. The molecular weight excluding hydrogens is 252 g/mol. The van der Waals surface area contributed by atoms with Crippen molar-refractivity contribution in [3.8, 4) is 5.75 Å². The van der Waals surface area contributed by atoms with E-state index in [-0.39, 0.29) is 5.91 Å². The smallest absolute Gasteiger partial charge is 0.222 e. The van der Waals surface area contributed by atoms with Gasteiger partial charge in [-0.1, -0.05) is 19.1 Å². The summed E-state index contributed by atoms with van der Waals surface area (Å²) >= 11 is 0. The van der Waals surface area contributed by atoms with Crippen LogP contribution in [-0.4, -0.2) is 30.5 Å². The van der Waals surface area contributed by atoms with E-state index in [0.29, 0.717) is 24.6 Å². The molecule has 0 radical (unpaired) electrons. The van der Waals surface area contributed by atoms with Crippen molar-refractivity contribution in [2.45, 2.75) is 32.6 Å². The van der Waals surface area contributed by atoms with Crippen LogP contribution in [0.4, 0.5) is 5.69 Å². The molecular formula is C16H24N2O2. The molecule has 1 unspecified atom stereocenters. The van der Waals surface area contributed by atoms with E-state index < -0.39 is 0 Å². The summed E-state index contributed by atoms with van der Waals surface area (Å²) in [6.45, 7) is 4.47. The van der Waals surface area contributed by atoms with Crippen LogP contribution in [0, 0.1) is 5.92 Å². The highest BCUT2D eigenvalue weighted by molar-refractivity contribution is 5.76. The maximum Gasteiger partial charge on any atom is 0.222 e. The Morgan fingerprint density at radius 1 is 1.35 bits per heavy atom. The van der Waals surface area contributed by atoms with Gasteiger partial charge < -0.3 is 15.4 Å². The molecule has 2 rings (SSSR count). The van der Waals surface area contributed by atoms with Crippen molar-refractivity contribution in [1.82, 2.24) is 4.90 Å². The molecule has 1 amide bonds. The SMILES string of the molecule is CC1CCC(=O)N(CCCOc2ccccc2N)CC1. The molecule has 110 valence electrons. The van der Waals surface area contributed by atoms with Crippen LogP contribution in [-0.2, 0) is 4.79 Å². The molecule has 0 aromatic heterocycles. The second-order valence-corrected chi connectivity index (χ2v) is 5.55. The van der Waals surface area contributed by atoms with Crippen LogP contribution in [0.25, 0.3) is 0 Å². The van der Waals surface area contributed by atoms with E-state index in [4.69, 9.17) is 10.5 Å². The summed E-state index contributed by atoms with van der Waals surface area (Å²) < 4.78 is 5.65. The summed E-state index contributed by atoms with van der Waals surface area (Å²) in [6, 6.07) is 7.49. The maximum atomic E-state index is 11.9. The monoisotopic (exact) mass is 276 g/mol. The number of ether oxygens (including phenoxy) is 1. The zero-order valence-electron chi connectivity index (χ0n) is 12.2. The zero-order valence-corrected chi connectivity index (χ0v) is 12.2. The highest BCUT2D eigenvalue weighted by atomic mass is 16.5. The molecule has 1 atom stereocenters. The Morgan fingerprint density at radius 3 is 2.95 bits per heavy atom. The first-order valence-corrected chi connectivity index (χ1v) is 7.42. The van der Waals surface area contributed by atoms with Gasteiger partial charge in [0, 0.05) is 19.5 Å². The highest BCUT2D eigenvalue weighted by Gasteiger charge is 2.19. The van der Waals surface area contributed by atoms with E-state index in [2.05, 4.69) is 6.92 Å². The predicted molar refractivity (Wildman–Crippen MR) is 80.6 cm³/mol. The van der Waals surface area contributed by atoms with Gasteiger partial charge in [-0.2, -0.15) is 0 Å². The van der Waals surface area contributed by atoms with Crippen LogP contribution in [0.1, 0.15) is 32.6 Å². The maximum absolute atomic E-state index is 11.9. The highest BCUT2D eigenvalue weighted by Crippen LogP contribution is 2.20. The number of likely N-dealkylation sites (tertiary alicyclic amines) is 1. The summed E-state index contributed by atoms with van der Waals surface area (Å²) in [6.07, 6.45) is 3.66. The van der Waals surface area contributed by atoms with E-state index in [1.54, 1.807) is 0 Å². The summed E-state index contributed by atoms with van der Waals surface area (Å²) in [5.74, 6) is 1.67. The quantitative estimate of drug-likeness (QED) is 0.664. The van der Waals surface area contributed by atoms with Crippen molar-refractivity contribution >= 4 is 11.6 Å². The van der Waals surface area contributed by atoms with Gasteiger partial charge in [0.1, 0.15) is 5.75 Å². The number of benzene rings is 1. The van der Waals surface area contributed by atoms with E-state index in [9.17, 15) is 4.79 Å². The topological polar surface area (TPSA) is 55.6 Å². The number of anilines is 1. The molecule has 1 aromatic carbocycles. The number of hydrogen-bond acceptors (Lipinski definition) is 3. The number of nitrogens with two attached hydrogens (primary N) is 1. The Labute approximate surface area is 120 Å². The minimum absolute atomic E-state index is 0.286. The largest absolute Gasteiger partial charge is 0.491 e. The van der Waals surface area contributed by atoms with Crippen LogP contribution in [0.3, 0.4) is 0 Å². The van der Waals surface area contributed by atoms with Crippen molar-refractivity contribution < 1.29 is 9.53 Å². The van der Waals surface area contributed by atoms with Crippen molar-refractivity contribution in [3.05, 3.63) is 24.3 Å². The molecule has 0 saturated carbocycles. The average Bonchev–Trinajstić information content (AvgIpc) is 2.60. The van der Waals surface area contributed by atoms with E-state index >= 15 is 0 Å². The molecule has 2 N–H and O–H groups in total. The van der Waals surface area contributed by atoms with E-state index in [1.165, 1.54) is 0 Å². The number of carbonyl (C=O) groups is 1.